The fraction of sp³-hybridized carbons (Fsp3) is 0.750. The van der Waals surface area contributed by atoms with Gasteiger partial charge in [-0.2, -0.15) is 0 Å². The summed E-state index contributed by atoms with van der Waals surface area (Å²) in [6.45, 7) is 6.28. The zero-order valence-electron chi connectivity index (χ0n) is 12.4. The van der Waals surface area contributed by atoms with E-state index in [1.807, 2.05) is 13.0 Å². The fourth-order valence-electron chi connectivity index (χ4n) is 3.47. The van der Waals surface area contributed by atoms with E-state index in [2.05, 4.69) is 11.9 Å². The van der Waals surface area contributed by atoms with E-state index in [0.717, 1.165) is 19.3 Å². The zero-order chi connectivity index (χ0) is 14.5. The Bertz CT molecular complexity index is 375. The van der Waals surface area contributed by atoms with Crippen molar-refractivity contribution in [2.45, 2.75) is 64.0 Å². The normalized spacial score (nSPS) is 28.4. The summed E-state index contributed by atoms with van der Waals surface area (Å²) < 4.78 is 0. The third kappa shape index (κ3) is 3.05. The Morgan fingerprint density at radius 2 is 2.00 bits per heavy atom. The molecule has 2 rings (SSSR count). The molecule has 20 heavy (non-hydrogen) atoms. The van der Waals surface area contributed by atoms with Crippen molar-refractivity contribution in [1.82, 2.24) is 10.2 Å². The van der Waals surface area contributed by atoms with Crippen LogP contribution in [0.15, 0.2) is 12.7 Å². The highest BCUT2D eigenvalue weighted by Gasteiger charge is 2.42. The molecule has 0 aromatic carbocycles. The maximum absolute atomic E-state index is 12.7. The summed E-state index contributed by atoms with van der Waals surface area (Å²) in [6.07, 6.45) is 8.94. The maximum atomic E-state index is 12.7. The Labute approximate surface area is 121 Å². The molecule has 112 valence electrons. The van der Waals surface area contributed by atoms with Crippen LogP contribution in [0, 0.1) is 5.92 Å². The summed E-state index contributed by atoms with van der Waals surface area (Å²) in [4.78, 5) is 26.8. The molecule has 2 fully saturated rings. The molecule has 1 aliphatic heterocycles. The van der Waals surface area contributed by atoms with Crippen molar-refractivity contribution in [2.75, 3.05) is 6.54 Å². The molecule has 0 bridgehead atoms. The van der Waals surface area contributed by atoms with E-state index in [-0.39, 0.29) is 23.9 Å². The molecule has 0 aromatic heterocycles. The Morgan fingerprint density at radius 3 is 2.60 bits per heavy atom. The van der Waals surface area contributed by atoms with E-state index in [1.54, 1.807) is 4.90 Å². The minimum absolute atomic E-state index is 0.0201. The maximum Gasteiger partial charge on any atom is 0.246 e. The van der Waals surface area contributed by atoms with E-state index < -0.39 is 0 Å². The molecule has 0 radical (unpaired) electrons. The zero-order valence-corrected chi connectivity index (χ0v) is 12.4. The van der Waals surface area contributed by atoms with Crippen molar-refractivity contribution < 1.29 is 9.59 Å². The number of nitrogens with zero attached hydrogens (tertiary/aromatic N) is 1. The van der Waals surface area contributed by atoms with Crippen molar-refractivity contribution in [3.63, 3.8) is 0 Å². The summed E-state index contributed by atoms with van der Waals surface area (Å²) in [5, 5.41) is 2.99. The van der Waals surface area contributed by atoms with Gasteiger partial charge in [-0.1, -0.05) is 32.3 Å². The van der Waals surface area contributed by atoms with Crippen LogP contribution in [0.4, 0.5) is 0 Å². The molecule has 1 heterocycles. The Kier molecular flexibility index (Phi) is 5.21. The number of nitrogens with one attached hydrogen (secondary N) is 1. The summed E-state index contributed by atoms with van der Waals surface area (Å²) in [6, 6.07) is -0.599. The van der Waals surface area contributed by atoms with Crippen molar-refractivity contribution in [3.8, 4) is 0 Å². The molecule has 2 unspecified atom stereocenters. The fourth-order valence-corrected chi connectivity index (χ4v) is 3.47. The van der Waals surface area contributed by atoms with Gasteiger partial charge in [0, 0.05) is 6.54 Å². The molecule has 0 aromatic rings. The first-order chi connectivity index (χ1) is 9.69. The number of amides is 2. The van der Waals surface area contributed by atoms with Crippen LogP contribution in [0.25, 0.3) is 0 Å². The number of rotatable bonds is 5. The third-order valence-electron chi connectivity index (χ3n) is 4.61. The van der Waals surface area contributed by atoms with Gasteiger partial charge in [0.1, 0.15) is 12.1 Å². The molecule has 4 heteroatoms. The van der Waals surface area contributed by atoms with E-state index in [0.29, 0.717) is 18.9 Å². The minimum Gasteiger partial charge on any atom is -0.342 e. The average molecular weight is 278 g/mol. The van der Waals surface area contributed by atoms with Gasteiger partial charge in [0.15, 0.2) is 0 Å². The van der Waals surface area contributed by atoms with Gasteiger partial charge in [0.2, 0.25) is 11.8 Å². The molecule has 1 aliphatic carbocycles. The van der Waals surface area contributed by atoms with Gasteiger partial charge >= 0.3 is 0 Å². The van der Waals surface area contributed by atoms with Crippen molar-refractivity contribution in [2.24, 2.45) is 5.92 Å². The first-order valence-electron chi connectivity index (χ1n) is 7.90. The molecular formula is C16H26N2O2. The summed E-state index contributed by atoms with van der Waals surface area (Å²) in [7, 11) is 0. The van der Waals surface area contributed by atoms with E-state index in [1.165, 1.54) is 19.3 Å². The van der Waals surface area contributed by atoms with E-state index >= 15 is 0 Å². The number of hydrogen-bond donors (Lipinski definition) is 1. The van der Waals surface area contributed by atoms with Crippen LogP contribution in [0.3, 0.4) is 0 Å². The van der Waals surface area contributed by atoms with Gasteiger partial charge in [0.25, 0.3) is 0 Å². The van der Waals surface area contributed by atoms with Gasteiger partial charge in [-0.25, -0.2) is 0 Å². The van der Waals surface area contributed by atoms with Gasteiger partial charge < -0.3 is 10.2 Å². The van der Waals surface area contributed by atoms with Gasteiger partial charge in [-0.3, -0.25) is 9.59 Å². The van der Waals surface area contributed by atoms with Crippen molar-refractivity contribution in [1.29, 1.82) is 0 Å². The topological polar surface area (TPSA) is 49.4 Å². The molecule has 0 spiro atoms. The standard InChI is InChI=1S/C16H26N2O2/c1-3-5-11-18-13(4-2)15(19)17-14(16(18)20)12-9-7-6-8-10-12/h3,12-14H,1,4-11H2,2H3,(H,17,19). The number of hydrogen-bond acceptors (Lipinski definition) is 2. The molecule has 2 amide bonds. The highest BCUT2D eigenvalue weighted by atomic mass is 16.2. The lowest BCUT2D eigenvalue weighted by Crippen LogP contribution is -2.65. The lowest BCUT2D eigenvalue weighted by atomic mass is 9.82. The molecule has 1 N–H and O–H groups in total. The van der Waals surface area contributed by atoms with Crippen molar-refractivity contribution in [3.05, 3.63) is 12.7 Å². The van der Waals surface area contributed by atoms with Crippen LogP contribution in [0.2, 0.25) is 0 Å². The van der Waals surface area contributed by atoms with Gasteiger partial charge in [-0.15, -0.1) is 6.58 Å². The molecular weight excluding hydrogens is 252 g/mol. The Balaban J connectivity index is 2.12. The van der Waals surface area contributed by atoms with Crippen LogP contribution >= 0.6 is 0 Å². The van der Waals surface area contributed by atoms with Crippen molar-refractivity contribution >= 4 is 11.8 Å². The van der Waals surface area contributed by atoms with Crippen LogP contribution in [0.5, 0.6) is 0 Å². The van der Waals surface area contributed by atoms with Gasteiger partial charge in [-0.05, 0) is 31.6 Å². The van der Waals surface area contributed by atoms with Crippen LogP contribution in [-0.2, 0) is 9.59 Å². The Morgan fingerprint density at radius 1 is 1.30 bits per heavy atom. The molecule has 1 saturated heterocycles. The molecule has 2 aliphatic rings. The molecule has 4 nitrogen and oxygen atoms in total. The number of carbonyl (C=O) groups excluding carboxylic acids is 2. The first-order valence-corrected chi connectivity index (χ1v) is 7.90. The summed E-state index contributed by atoms with van der Waals surface area (Å²) in [5.41, 5.74) is 0. The second-order valence-electron chi connectivity index (χ2n) is 5.92. The quantitative estimate of drug-likeness (QED) is 0.784. The predicted molar refractivity (Wildman–Crippen MR) is 79.1 cm³/mol. The van der Waals surface area contributed by atoms with Crippen LogP contribution in [-0.4, -0.2) is 35.3 Å². The van der Waals surface area contributed by atoms with E-state index in [9.17, 15) is 9.59 Å². The predicted octanol–water partition coefficient (Wildman–Crippen LogP) is 2.25. The highest BCUT2D eigenvalue weighted by molar-refractivity contribution is 5.97. The summed E-state index contributed by atoms with van der Waals surface area (Å²) >= 11 is 0. The largest absolute Gasteiger partial charge is 0.342 e. The summed E-state index contributed by atoms with van der Waals surface area (Å²) in [5.74, 6) is 0.459. The number of carbonyl (C=O) groups is 2. The average Bonchev–Trinajstić information content (AvgIpc) is 2.48. The minimum atomic E-state index is -0.303. The third-order valence-corrected chi connectivity index (χ3v) is 4.61. The SMILES string of the molecule is C=CCCN1C(=O)C(C2CCCCC2)NC(=O)C1CC. The lowest BCUT2D eigenvalue weighted by molar-refractivity contribution is -0.151. The molecule has 1 saturated carbocycles. The second-order valence-corrected chi connectivity index (χ2v) is 5.92. The monoisotopic (exact) mass is 278 g/mol. The molecule has 2 atom stereocenters. The van der Waals surface area contributed by atoms with Crippen LogP contribution in [0.1, 0.15) is 51.9 Å². The number of piperazine rings is 1. The van der Waals surface area contributed by atoms with Crippen LogP contribution < -0.4 is 5.32 Å². The lowest BCUT2D eigenvalue weighted by Gasteiger charge is -2.42. The smallest absolute Gasteiger partial charge is 0.246 e. The first kappa shape index (κ1) is 15.1. The Hall–Kier alpha value is -1.32. The van der Waals surface area contributed by atoms with Gasteiger partial charge in [0.05, 0.1) is 0 Å². The second kappa shape index (κ2) is 6.91. The highest BCUT2D eigenvalue weighted by Crippen LogP contribution is 2.29. The van der Waals surface area contributed by atoms with E-state index in [4.69, 9.17) is 0 Å².